The molecule has 0 saturated carbocycles. The van der Waals surface area contributed by atoms with E-state index in [9.17, 15) is 9.59 Å². The van der Waals surface area contributed by atoms with Crippen LogP contribution in [0.4, 0.5) is 10.5 Å². The zero-order valence-electron chi connectivity index (χ0n) is 13.9. The van der Waals surface area contributed by atoms with Crippen LogP contribution in [0.25, 0.3) is 0 Å². The Hall–Kier alpha value is -2.89. The summed E-state index contributed by atoms with van der Waals surface area (Å²) in [5.74, 6) is -0.119. The average molecular weight is 326 g/mol. The van der Waals surface area contributed by atoms with Crippen LogP contribution >= 0.6 is 0 Å². The second kappa shape index (κ2) is 8.67. The lowest BCUT2D eigenvalue weighted by molar-refractivity contribution is 0.0955. The van der Waals surface area contributed by atoms with Crippen LogP contribution in [0.2, 0.25) is 0 Å². The summed E-state index contributed by atoms with van der Waals surface area (Å²) in [4.78, 5) is 27.9. The molecule has 1 heterocycles. The van der Waals surface area contributed by atoms with Crippen molar-refractivity contribution >= 4 is 17.6 Å². The number of hydrogen-bond donors (Lipinski definition) is 3. The van der Waals surface area contributed by atoms with Crippen molar-refractivity contribution in [3.05, 3.63) is 59.4 Å². The number of hydrogen-bond acceptors (Lipinski definition) is 3. The maximum Gasteiger partial charge on any atom is 0.319 e. The van der Waals surface area contributed by atoms with Crippen molar-refractivity contribution in [2.45, 2.75) is 20.3 Å². The molecule has 1 aromatic carbocycles. The van der Waals surface area contributed by atoms with Crippen LogP contribution in [0.15, 0.2) is 42.6 Å². The Bertz CT molecular complexity index is 701. The van der Waals surface area contributed by atoms with E-state index in [1.165, 1.54) is 0 Å². The first-order valence-electron chi connectivity index (χ1n) is 7.93. The van der Waals surface area contributed by atoms with Crippen LogP contribution in [0.5, 0.6) is 0 Å². The fourth-order valence-electron chi connectivity index (χ4n) is 2.22. The number of pyridine rings is 1. The number of carbonyl (C=O) groups excluding carboxylic acids is 2. The lowest BCUT2D eigenvalue weighted by atomic mass is 10.1. The molecule has 0 fully saturated rings. The molecule has 6 heteroatoms. The van der Waals surface area contributed by atoms with Crippen LogP contribution in [-0.2, 0) is 6.42 Å². The van der Waals surface area contributed by atoms with Gasteiger partial charge in [-0.15, -0.1) is 0 Å². The maximum atomic E-state index is 12.0. The predicted molar refractivity (Wildman–Crippen MR) is 94.1 cm³/mol. The van der Waals surface area contributed by atoms with Crippen molar-refractivity contribution in [3.63, 3.8) is 0 Å². The minimum absolute atomic E-state index is 0.119. The summed E-state index contributed by atoms with van der Waals surface area (Å²) in [6.07, 6.45) is 2.40. The van der Waals surface area contributed by atoms with Crippen molar-refractivity contribution in [2.75, 3.05) is 18.4 Å². The molecular weight excluding hydrogens is 304 g/mol. The Morgan fingerprint density at radius 1 is 1.12 bits per heavy atom. The molecule has 0 saturated heterocycles. The van der Waals surface area contributed by atoms with Crippen LogP contribution in [0.3, 0.4) is 0 Å². The van der Waals surface area contributed by atoms with Gasteiger partial charge in [-0.1, -0.05) is 6.07 Å². The highest BCUT2D eigenvalue weighted by Crippen LogP contribution is 2.16. The summed E-state index contributed by atoms with van der Waals surface area (Å²) >= 11 is 0. The largest absolute Gasteiger partial charge is 0.352 e. The summed E-state index contributed by atoms with van der Waals surface area (Å²) < 4.78 is 0. The van der Waals surface area contributed by atoms with E-state index in [0.717, 1.165) is 11.3 Å². The van der Waals surface area contributed by atoms with E-state index in [-0.39, 0.29) is 11.9 Å². The molecule has 0 radical (unpaired) electrons. The highest BCUT2D eigenvalue weighted by molar-refractivity contribution is 5.96. The Labute approximate surface area is 141 Å². The summed E-state index contributed by atoms with van der Waals surface area (Å²) in [5, 5.41) is 8.34. The zero-order valence-corrected chi connectivity index (χ0v) is 13.9. The SMILES string of the molecule is CCNC(=O)c1ccc(NC(=O)NCCc2ccccn2)c(C)c1. The van der Waals surface area contributed by atoms with E-state index in [2.05, 4.69) is 20.9 Å². The number of urea groups is 1. The minimum atomic E-state index is -0.278. The fraction of sp³-hybridized carbons (Fsp3) is 0.278. The molecule has 0 spiro atoms. The topological polar surface area (TPSA) is 83.1 Å². The molecule has 2 rings (SSSR count). The molecule has 6 nitrogen and oxygen atoms in total. The molecule has 126 valence electrons. The van der Waals surface area contributed by atoms with Crippen LogP contribution in [0.1, 0.15) is 28.5 Å². The van der Waals surface area contributed by atoms with Gasteiger partial charge < -0.3 is 16.0 Å². The fourth-order valence-corrected chi connectivity index (χ4v) is 2.22. The molecule has 0 aliphatic rings. The molecule has 0 unspecified atom stereocenters. The van der Waals surface area contributed by atoms with Gasteiger partial charge in [-0.3, -0.25) is 9.78 Å². The van der Waals surface area contributed by atoms with Gasteiger partial charge in [0.2, 0.25) is 0 Å². The lowest BCUT2D eigenvalue weighted by Gasteiger charge is -2.11. The zero-order chi connectivity index (χ0) is 17.4. The molecule has 24 heavy (non-hydrogen) atoms. The van der Waals surface area contributed by atoms with E-state index >= 15 is 0 Å². The average Bonchev–Trinajstić information content (AvgIpc) is 2.58. The van der Waals surface area contributed by atoms with Crippen molar-refractivity contribution in [2.24, 2.45) is 0 Å². The Morgan fingerprint density at radius 2 is 1.96 bits per heavy atom. The van der Waals surface area contributed by atoms with E-state index < -0.39 is 0 Å². The van der Waals surface area contributed by atoms with Gasteiger partial charge in [0.05, 0.1) is 0 Å². The van der Waals surface area contributed by atoms with Gasteiger partial charge in [0, 0.05) is 42.7 Å². The molecule has 0 atom stereocenters. The molecule has 1 aromatic heterocycles. The lowest BCUT2D eigenvalue weighted by Crippen LogP contribution is -2.31. The molecule has 0 aliphatic heterocycles. The predicted octanol–water partition coefficient (Wildman–Crippen LogP) is 2.50. The van der Waals surface area contributed by atoms with Gasteiger partial charge in [0.1, 0.15) is 0 Å². The van der Waals surface area contributed by atoms with Gasteiger partial charge >= 0.3 is 6.03 Å². The first-order chi connectivity index (χ1) is 11.6. The monoisotopic (exact) mass is 326 g/mol. The van der Waals surface area contributed by atoms with Crippen LogP contribution < -0.4 is 16.0 Å². The standard InChI is InChI=1S/C18H22N4O2/c1-3-19-17(23)14-7-8-16(13(2)12-14)22-18(24)21-11-9-15-6-4-5-10-20-15/h4-8,10,12H,3,9,11H2,1-2H3,(H,19,23)(H2,21,22,24). The van der Waals surface area contributed by atoms with E-state index in [1.54, 1.807) is 24.4 Å². The number of aryl methyl sites for hydroxylation is 1. The molecule has 3 amide bonds. The summed E-state index contributed by atoms with van der Waals surface area (Å²) in [6.45, 7) is 4.80. The number of rotatable bonds is 6. The number of nitrogens with zero attached hydrogens (tertiary/aromatic N) is 1. The number of nitrogens with one attached hydrogen (secondary N) is 3. The normalized spacial score (nSPS) is 10.1. The molecule has 0 aliphatic carbocycles. The number of aromatic nitrogens is 1. The maximum absolute atomic E-state index is 12.0. The van der Waals surface area contributed by atoms with Crippen LogP contribution in [-0.4, -0.2) is 30.0 Å². The minimum Gasteiger partial charge on any atom is -0.352 e. The smallest absolute Gasteiger partial charge is 0.319 e. The number of benzene rings is 1. The molecular formula is C18H22N4O2. The van der Waals surface area contributed by atoms with E-state index in [0.29, 0.717) is 30.8 Å². The first kappa shape index (κ1) is 17.5. The van der Waals surface area contributed by atoms with Crippen molar-refractivity contribution in [3.8, 4) is 0 Å². The van der Waals surface area contributed by atoms with Crippen molar-refractivity contribution < 1.29 is 9.59 Å². The highest BCUT2D eigenvalue weighted by Gasteiger charge is 2.08. The molecule has 0 bridgehead atoms. The van der Waals surface area contributed by atoms with Gasteiger partial charge in [0.25, 0.3) is 5.91 Å². The second-order valence-electron chi connectivity index (χ2n) is 5.34. The highest BCUT2D eigenvalue weighted by atomic mass is 16.2. The van der Waals surface area contributed by atoms with E-state index in [1.807, 2.05) is 32.0 Å². The number of anilines is 1. The summed E-state index contributed by atoms with van der Waals surface area (Å²) in [7, 11) is 0. The van der Waals surface area contributed by atoms with Gasteiger partial charge in [-0.25, -0.2) is 4.79 Å². The van der Waals surface area contributed by atoms with Gasteiger partial charge in [0.15, 0.2) is 0 Å². The Morgan fingerprint density at radius 3 is 2.62 bits per heavy atom. The molecule has 3 N–H and O–H groups in total. The third kappa shape index (κ3) is 5.08. The van der Waals surface area contributed by atoms with Gasteiger partial charge in [-0.05, 0) is 49.7 Å². The quantitative estimate of drug-likeness (QED) is 0.763. The second-order valence-corrected chi connectivity index (χ2v) is 5.34. The summed E-state index contributed by atoms with van der Waals surface area (Å²) in [6, 6.07) is 10.6. The number of amides is 3. The van der Waals surface area contributed by atoms with E-state index in [4.69, 9.17) is 0 Å². The Kier molecular flexibility index (Phi) is 6.31. The van der Waals surface area contributed by atoms with Crippen molar-refractivity contribution in [1.29, 1.82) is 0 Å². The Balaban J connectivity index is 1.86. The van der Waals surface area contributed by atoms with Crippen molar-refractivity contribution in [1.82, 2.24) is 15.6 Å². The first-order valence-corrected chi connectivity index (χ1v) is 7.93. The van der Waals surface area contributed by atoms with Gasteiger partial charge in [-0.2, -0.15) is 0 Å². The summed E-state index contributed by atoms with van der Waals surface area (Å²) in [5.41, 5.74) is 3.02. The molecule has 2 aromatic rings. The third-order valence-electron chi connectivity index (χ3n) is 3.47. The number of carbonyl (C=O) groups is 2. The van der Waals surface area contributed by atoms with Crippen LogP contribution in [0, 0.1) is 6.92 Å². The third-order valence-corrected chi connectivity index (χ3v) is 3.47.